The van der Waals surface area contributed by atoms with Crippen molar-refractivity contribution in [2.45, 2.75) is 218 Å². The summed E-state index contributed by atoms with van der Waals surface area (Å²) in [4.78, 5) is 141. The Morgan fingerprint density at radius 1 is 0.507 bits per heavy atom. The highest BCUT2D eigenvalue weighted by molar-refractivity contribution is 6.32. The number of aliphatic hydroxyl groups excluding tert-OH is 10. The molecule has 10 aliphatic rings. The number of benzene rings is 7. The Labute approximate surface area is 796 Å². The molecule has 138 heavy (non-hydrogen) atoms. The van der Waals surface area contributed by atoms with Crippen molar-refractivity contribution in [1.29, 1.82) is 0 Å². The van der Waals surface area contributed by atoms with E-state index in [1.54, 1.807) is 6.08 Å². The normalized spacial score (nSPS) is 29.0. The Kier molecular flexibility index (Phi) is 31.5. The van der Waals surface area contributed by atoms with E-state index in [9.17, 15) is 85.9 Å². The first kappa shape index (κ1) is 100. The number of nitrogens with two attached hydrogens (primary N) is 1. The molecular weight excluding hydrogens is 1850 g/mol. The average Bonchev–Trinajstić information content (AvgIpc) is 0.752. The molecule has 7 aromatic carbocycles. The minimum absolute atomic E-state index is 0.0328. The van der Waals surface area contributed by atoms with E-state index in [-0.39, 0.29) is 70.2 Å². The number of aromatic hydroxyl groups is 4. The van der Waals surface area contributed by atoms with Crippen LogP contribution < -0.4 is 82.6 Å². The van der Waals surface area contributed by atoms with E-state index in [0.717, 1.165) is 105 Å². The number of phenolic OH excluding ortho intramolecular Hbond substituents is 4. The Morgan fingerprint density at radius 3 is 1.73 bits per heavy atom. The maximum absolute atomic E-state index is 17.2. The molecule has 0 aliphatic carbocycles. The van der Waals surface area contributed by atoms with Gasteiger partial charge < -0.3 is 173 Å². The van der Waals surface area contributed by atoms with E-state index >= 15 is 28.8 Å². The Hall–Kier alpha value is -12.3. The zero-order chi connectivity index (χ0) is 98.5. The Bertz CT molecular complexity index is 5780. The summed E-state index contributed by atoms with van der Waals surface area (Å²) in [7, 11) is 0. The number of phenols is 4. The van der Waals surface area contributed by atoms with Crippen LogP contribution in [-0.2, 0) is 68.5 Å². The van der Waals surface area contributed by atoms with Crippen LogP contribution >= 0.6 is 23.2 Å². The third kappa shape index (κ3) is 22.0. The summed E-state index contributed by atoms with van der Waals surface area (Å²) in [5.74, 6) is -18.0. The van der Waals surface area contributed by atoms with E-state index in [0.29, 0.717) is 19.5 Å². The first-order chi connectivity index (χ1) is 66.1. The topological polar surface area (TPSA) is 666 Å². The van der Waals surface area contributed by atoms with Crippen LogP contribution in [0, 0.1) is 0 Å². The van der Waals surface area contributed by atoms with Gasteiger partial charge in [-0.15, -0.1) is 0 Å². The van der Waals surface area contributed by atoms with E-state index < -0.39 is 310 Å². The molecule has 17 bridgehead atoms. The number of aliphatic hydroxyl groups is 10. The smallest absolute Gasteiger partial charge is 0.248 e. The number of hydrogen-bond donors (Lipinski definition) is 25. The van der Waals surface area contributed by atoms with Gasteiger partial charge in [0.2, 0.25) is 71.5 Å². The van der Waals surface area contributed by atoms with Gasteiger partial charge in [-0.2, -0.15) is 0 Å². The quantitative estimate of drug-likeness (QED) is 0.0369. The predicted molar refractivity (Wildman–Crippen MR) is 479 cm³/mol. The molecule has 17 rings (SSSR count). The van der Waals surface area contributed by atoms with Crippen LogP contribution in [0.2, 0.25) is 10.0 Å². The first-order valence-corrected chi connectivity index (χ1v) is 45.3. The molecule has 10 aliphatic heterocycles. The largest absolute Gasteiger partial charge is 0.508 e. The zero-order valence-corrected chi connectivity index (χ0v) is 75.3. The Morgan fingerprint density at radius 2 is 1.08 bits per heavy atom. The number of carbonyl (C=O) groups excluding carboxylic acids is 9. The molecule has 45 heteroatoms. The highest BCUT2D eigenvalue weighted by Crippen LogP contribution is 2.51. The number of hydrogen-bond acceptors (Lipinski definition) is 34. The fraction of sp³-hybridized carbons (Fsp3) is 0.430. The van der Waals surface area contributed by atoms with Gasteiger partial charge in [0.25, 0.3) is 0 Å². The molecule has 738 valence electrons. The molecule has 0 radical (unpaired) electrons. The molecule has 4 saturated heterocycles. The second kappa shape index (κ2) is 43.4. The summed E-state index contributed by atoms with van der Waals surface area (Å²) in [6.07, 6.45) is -21.3. The summed E-state index contributed by atoms with van der Waals surface area (Å²) in [5.41, 5.74) is 3.46. The number of unbranched alkanes of at least 4 members (excludes halogenated alkanes) is 3. The maximum atomic E-state index is 17.2. The van der Waals surface area contributed by atoms with Crippen LogP contribution in [0.1, 0.15) is 140 Å². The minimum atomic E-state index is -2.52. The summed E-state index contributed by atoms with van der Waals surface area (Å²) in [6, 6.07) is 1.27. The van der Waals surface area contributed by atoms with Crippen molar-refractivity contribution in [3.63, 3.8) is 0 Å². The molecule has 9 amide bonds. The zero-order valence-electron chi connectivity index (χ0n) is 73.8. The molecular formula is C93H105Cl2N11O32. The number of ether oxygens (including phenoxy) is 9. The van der Waals surface area contributed by atoms with E-state index in [2.05, 4.69) is 53.2 Å². The molecule has 43 nitrogen and oxygen atoms in total. The summed E-state index contributed by atoms with van der Waals surface area (Å²) in [6.45, 7) is 0.641. The fourth-order valence-corrected chi connectivity index (χ4v) is 18.0. The lowest BCUT2D eigenvalue weighted by atomic mass is 9.89. The number of allylic oxidation sites excluding steroid dienone is 2. The first-order valence-electron chi connectivity index (χ1n) is 44.6. The Balaban J connectivity index is 0.998. The van der Waals surface area contributed by atoms with Crippen LogP contribution in [0.4, 0.5) is 0 Å². The summed E-state index contributed by atoms with van der Waals surface area (Å²) in [5, 5.41) is 187. The van der Waals surface area contributed by atoms with Gasteiger partial charge in [0.15, 0.2) is 29.3 Å². The number of carbonyl (C=O) groups is 9. The lowest BCUT2D eigenvalue weighted by Crippen LogP contribution is -2.65. The van der Waals surface area contributed by atoms with Gasteiger partial charge in [0, 0.05) is 49.1 Å². The van der Waals surface area contributed by atoms with Gasteiger partial charge in [-0.3, -0.25) is 43.2 Å². The second-order valence-electron chi connectivity index (χ2n) is 34.5. The molecule has 0 unspecified atom stereocenters. The number of piperidine rings is 1. The highest BCUT2D eigenvalue weighted by atomic mass is 35.5. The van der Waals surface area contributed by atoms with Crippen LogP contribution in [0.25, 0.3) is 11.1 Å². The number of amides is 9. The molecule has 10 heterocycles. The van der Waals surface area contributed by atoms with Crippen molar-refractivity contribution in [1.82, 2.24) is 53.2 Å². The van der Waals surface area contributed by atoms with Crippen molar-refractivity contribution >= 4 is 76.4 Å². The standard InChI is InChI=1S/C93H105Cl2N11O32/c1-3-4-5-6-7-8-9-10-65(115)101-73-79(120)76(117)63(36-108)135-92(73)138-83-60-30-44-31-61(83)132-57-18-14-42(28-52(57)95)82(137-91-72(98-38(2)110)78(119)75(116)62(35-107)134-91)74-90(129)105-71(89(128)99-45-19-21-97-22-20-45)50-33-47(112)34-59(133-93-81(122)80(121)77(118)64(37-109)136-93)66(50)49-27-41(13-15-54(49)113)68(86(125)106-74)103-88(127)70(44)104-87(126)69-43-25-46(111)32-48(26-43)130-58-29-40(12-16-55(58)114)67(96)85(124)100-53(84(123)102-69)24-39-11-17-56(131-60)51(94)23-39/h7-8,11-18,23,25-34,45,53,62-64,67-82,91-93,97,107-109,111-114,116-122H,3-6,9-10,19-22,24,35-37,96H2,1-2H3,(H,98,110)(H,99,128)(H,100,124)(H,101,115)(H,102,123)(H,103,127)(H,104,126)(H,105,129)(H,106,125)/b8-7+/t53-,62+,63+,64-,67-,68-,69+,70-,71+,72+,73+,74+,75-,76-,77-,78-,79-,80-,81+,82-,91+,92+,93+/m1/s1. The minimum Gasteiger partial charge on any atom is -0.508 e. The second-order valence-corrected chi connectivity index (χ2v) is 35.4. The fourth-order valence-electron chi connectivity index (χ4n) is 17.5. The van der Waals surface area contributed by atoms with Crippen molar-refractivity contribution in [3.05, 3.63) is 176 Å². The molecule has 7 aromatic rings. The van der Waals surface area contributed by atoms with E-state index in [1.165, 1.54) is 36.4 Å². The van der Waals surface area contributed by atoms with Gasteiger partial charge in [0.05, 0.1) is 29.9 Å². The summed E-state index contributed by atoms with van der Waals surface area (Å²) >= 11 is 14.9. The summed E-state index contributed by atoms with van der Waals surface area (Å²) < 4.78 is 58.3. The van der Waals surface area contributed by atoms with Crippen molar-refractivity contribution in [2.75, 3.05) is 32.9 Å². The molecule has 23 atom stereocenters. The molecule has 0 aromatic heterocycles. The highest BCUT2D eigenvalue weighted by Gasteiger charge is 2.53. The van der Waals surface area contributed by atoms with E-state index in [4.69, 9.17) is 71.6 Å². The van der Waals surface area contributed by atoms with Crippen molar-refractivity contribution in [2.24, 2.45) is 5.73 Å². The average molecular weight is 1960 g/mol. The maximum Gasteiger partial charge on any atom is 0.248 e. The van der Waals surface area contributed by atoms with Gasteiger partial charge in [0.1, 0.15) is 162 Å². The van der Waals surface area contributed by atoms with Crippen molar-refractivity contribution < 1.29 is 157 Å². The molecule has 0 saturated carbocycles. The molecule has 26 N–H and O–H groups in total. The van der Waals surface area contributed by atoms with Gasteiger partial charge >= 0.3 is 0 Å². The van der Waals surface area contributed by atoms with Crippen LogP contribution in [0.5, 0.6) is 69.0 Å². The van der Waals surface area contributed by atoms with Gasteiger partial charge in [-0.25, -0.2) is 0 Å². The van der Waals surface area contributed by atoms with Crippen LogP contribution in [-0.4, -0.2) is 268 Å². The number of rotatable bonds is 20. The number of fused-ring (bicyclic) bond motifs is 14. The van der Waals surface area contributed by atoms with Crippen molar-refractivity contribution in [3.8, 4) is 80.1 Å². The third-order valence-electron chi connectivity index (χ3n) is 24.8. The lowest BCUT2D eigenvalue weighted by Gasteiger charge is -2.44. The predicted octanol–water partition coefficient (Wildman–Crippen LogP) is 0.723. The molecule has 0 spiro atoms. The van der Waals surface area contributed by atoms with E-state index in [1.807, 2.05) is 13.0 Å². The van der Waals surface area contributed by atoms with Crippen LogP contribution in [0.15, 0.2) is 127 Å². The van der Waals surface area contributed by atoms with Gasteiger partial charge in [-0.1, -0.05) is 79.4 Å². The SMILES string of the molecule is CCCCC/C=C/CCC(=O)N[C@@H]1[C@H](Oc2c3cc4cc2Oc2ccc(cc2Cl)[C@@H](O[C@@H]2O[C@@H](CO)[C@@H](O)[C@H](O)[C@@H]2NC(C)=O)[C@@H]2NC(=O)[C@H](NC(=O)[C@@H]4NC(=O)[C@H]4NC(=O)[C@@H](Cc5ccc(c(Cl)c5)O3)NC(=O)[C@H](N)c3ccc(O)c(c3)Oc3cc(O)cc4c3)c3ccc(O)c(c3)-c3c(O[C@H]4O[C@H](CO)[C@@H](O)[C@@H](O)[C@@H]4O)cc(O)cc3[C@@H](C(=O)NC3CCNCC3)NC2=O)O[C@@H](CO)[C@@H](O)[C@@H]1O. The number of nitrogens with one attached hydrogen (secondary N) is 10. The van der Waals surface area contributed by atoms with Gasteiger partial charge in [-0.05, 0) is 163 Å². The van der Waals surface area contributed by atoms with Crippen LogP contribution in [0.3, 0.4) is 0 Å². The lowest BCUT2D eigenvalue weighted by molar-refractivity contribution is -0.284. The number of halogens is 2. The monoisotopic (exact) mass is 1960 g/mol. The molecule has 4 fully saturated rings. The third-order valence-corrected chi connectivity index (χ3v) is 25.4.